The largest absolute Gasteiger partial charge is 0.391 e. The zero-order valence-electron chi connectivity index (χ0n) is 8.58. The highest BCUT2D eigenvalue weighted by molar-refractivity contribution is 8.18. The van der Waals surface area contributed by atoms with Gasteiger partial charge in [-0.2, -0.15) is 0 Å². The van der Waals surface area contributed by atoms with Crippen LogP contribution in [0, 0.1) is 0 Å². The third-order valence-electron chi connectivity index (χ3n) is 2.50. The average molecular weight is 220 g/mol. The Balaban J connectivity index is 2.51. The van der Waals surface area contributed by atoms with Crippen LogP contribution in [0.25, 0.3) is 0 Å². The Kier molecular flexibility index (Phi) is 4.98. The molecule has 0 saturated carbocycles. The van der Waals surface area contributed by atoms with Gasteiger partial charge in [0, 0.05) is 0 Å². The van der Waals surface area contributed by atoms with E-state index in [-0.39, 0.29) is 10.2 Å². The van der Waals surface area contributed by atoms with Crippen molar-refractivity contribution in [3.63, 3.8) is 0 Å². The molecular formula is C10H20OS2. The zero-order valence-corrected chi connectivity index (χ0v) is 10.2. The van der Waals surface area contributed by atoms with Gasteiger partial charge in [0.05, 0.1) is 10.2 Å². The molecule has 1 atom stereocenters. The van der Waals surface area contributed by atoms with Crippen LogP contribution < -0.4 is 0 Å². The number of hydrogen-bond donors (Lipinski definition) is 1. The number of aliphatic hydroxyl groups excluding tert-OH is 1. The number of thioether (sulfide) groups is 2. The Morgan fingerprint density at radius 1 is 1.38 bits per heavy atom. The Bertz CT molecular complexity index is 142. The molecule has 1 rings (SSSR count). The van der Waals surface area contributed by atoms with Crippen LogP contribution in [0.5, 0.6) is 0 Å². The standard InChI is InChI=1S/C10H20OS2/c1-3-4-6-10(9(2)11)12-7-5-8-13-10/h9,11H,3-8H2,1-2H3. The number of aliphatic hydroxyl groups is 1. The second-order valence-corrected chi connectivity index (χ2v) is 6.75. The first-order valence-electron chi connectivity index (χ1n) is 5.17. The van der Waals surface area contributed by atoms with Gasteiger partial charge in [-0.15, -0.1) is 23.5 Å². The van der Waals surface area contributed by atoms with Gasteiger partial charge in [-0.1, -0.05) is 19.8 Å². The Labute approximate surface area is 90.1 Å². The molecule has 0 radical (unpaired) electrons. The van der Waals surface area contributed by atoms with Crippen molar-refractivity contribution in [2.75, 3.05) is 11.5 Å². The van der Waals surface area contributed by atoms with Gasteiger partial charge in [-0.3, -0.25) is 0 Å². The van der Waals surface area contributed by atoms with E-state index in [1.54, 1.807) is 0 Å². The maximum atomic E-state index is 9.81. The van der Waals surface area contributed by atoms with Crippen LogP contribution in [0.1, 0.15) is 39.5 Å². The van der Waals surface area contributed by atoms with Crippen LogP contribution in [-0.4, -0.2) is 26.8 Å². The van der Waals surface area contributed by atoms with Gasteiger partial charge in [-0.05, 0) is 31.3 Å². The van der Waals surface area contributed by atoms with Crippen LogP contribution in [0.2, 0.25) is 0 Å². The average Bonchev–Trinajstić information content (AvgIpc) is 2.16. The van der Waals surface area contributed by atoms with E-state index < -0.39 is 0 Å². The van der Waals surface area contributed by atoms with E-state index >= 15 is 0 Å². The third-order valence-corrected chi connectivity index (χ3v) is 6.26. The molecule has 1 unspecified atom stereocenters. The van der Waals surface area contributed by atoms with Crippen molar-refractivity contribution in [3.05, 3.63) is 0 Å². The molecule has 0 amide bonds. The number of unbranched alkanes of at least 4 members (excludes halogenated alkanes) is 1. The van der Waals surface area contributed by atoms with Crippen molar-refractivity contribution < 1.29 is 5.11 Å². The van der Waals surface area contributed by atoms with Gasteiger partial charge in [0.25, 0.3) is 0 Å². The molecule has 0 aliphatic carbocycles. The Morgan fingerprint density at radius 2 is 2.00 bits per heavy atom. The van der Waals surface area contributed by atoms with Crippen molar-refractivity contribution in [3.8, 4) is 0 Å². The van der Waals surface area contributed by atoms with Crippen molar-refractivity contribution in [1.29, 1.82) is 0 Å². The van der Waals surface area contributed by atoms with Crippen LogP contribution in [0.4, 0.5) is 0 Å². The van der Waals surface area contributed by atoms with Gasteiger partial charge in [0.15, 0.2) is 0 Å². The molecule has 0 aromatic heterocycles. The van der Waals surface area contributed by atoms with E-state index in [2.05, 4.69) is 6.92 Å². The summed E-state index contributed by atoms with van der Waals surface area (Å²) in [6.07, 6.45) is 4.77. The lowest BCUT2D eigenvalue weighted by atomic mass is 10.1. The SMILES string of the molecule is CCCCC1(C(C)O)SCCCS1. The van der Waals surface area contributed by atoms with Crippen LogP contribution in [0.15, 0.2) is 0 Å². The summed E-state index contributed by atoms with van der Waals surface area (Å²) in [5.74, 6) is 2.45. The van der Waals surface area contributed by atoms with Gasteiger partial charge < -0.3 is 5.11 Å². The topological polar surface area (TPSA) is 20.2 Å². The van der Waals surface area contributed by atoms with E-state index in [9.17, 15) is 5.11 Å². The normalized spacial score (nSPS) is 24.2. The fourth-order valence-electron chi connectivity index (χ4n) is 1.61. The predicted molar refractivity (Wildman–Crippen MR) is 63.5 cm³/mol. The molecule has 1 aliphatic heterocycles. The fourth-order valence-corrected chi connectivity index (χ4v) is 4.95. The minimum atomic E-state index is -0.172. The predicted octanol–water partition coefficient (Wildman–Crippen LogP) is 3.12. The first-order chi connectivity index (χ1) is 6.21. The van der Waals surface area contributed by atoms with E-state index in [1.807, 2.05) is 30.4 Å². The summed E-state index contributed by atoms with van der Waals surface area (Å²) < 4.78 is 0.119. The molecule has 0 aromatic rings. The van der Waals surface area contributed by atoms with E-state index in [4.69, 9.17) is 0 Å². The fraction of sp³-hybridized carbons (Fsp3) is 1.00. The van der Waals surface area contributed by atoms with E-state index in [1.165, 1.54) is 30.8 Å². The summed E-state index contributed by atoms with van der Waals surface area (Å²) in [6, 6.07) is 0. The maximum Gasteiger partial charge on any atom is 0.0865 e. The molecule has 0 aromatic carbocycles. The summed E-state index contributed by atoms with van der Waals surface area (Å²) in [6.45, 7) is 4.16. The van der Waals surface area contributed by atoms with Gasteiger partial charge >= 0.3 is 0 Å². The highest BCUT2D eigenvalue weighted by Gasteiger charge is 2.37. The lowest BCUT2D eigenvalue weighted by molar-refractivity contribution is 0.175. The second-order valence-electron chi connectivity index (χ2n) is 3.64. The number of rotatable bonds is 4. The molecule has 1 nitrogen and oxygen atoms in total. The molecule has 1 aliphatic rings. The lowest BCUT2D eigenvalue weighted by Gasteiger charge is -2.38. The molecule has 3 heteroatoms. The third kappa shape index (κ3) is 3.07. The molecule has 1 heterocycles. The van der Waals surface area contributed by atoms with Gasteiger partial charge in [0.2, 0.25) is 0 Å². The first-order valence-corrected chi connectivity index (χ1v) is 7.14. The maximum absolute atomic E-state index is 9.81. The molecule has 1 saturated heterocycles. The minimum Gasteiger partial charge on any atom is -0.391 e. The van der Waals surface area contributed by atoms with Crippen molar-refractivity contribution >= 4 is 23.5 Å². The molecular weight excluding hydrogens is 200 g/mol. The summed E-state index contributed by atoms with van der Waals surface area (Å²) in [5, 5.41) is 9.81. The highest BCUT2D eigenvalue weighted by Crippen LogP contribution is 2.48. The summed E-state index contributed by atoms with van der Waals surface area (Å²) in [7, 11) is 0. The lowest BCUT2D eigenvalue weighted by Crippen LogP contribution is -2.36. The van der Waals surface area contributed by atoms with E-state index in [0.717, 1.165) is 6.42 Å². The number of hydrogen-bond acceptors (Lipinski definition) is 3. The summed E-state index contributed by atoms with van der Waals surface area (Å²) >= 11 is 3.94. The molecule has 1 N–H and O–H groups in total. The molecule has 13 heavy (non-hydrogen) atoms. The monoisotopic (exact) mass is 220 g/mol. The van der Waals surface area contributed by atoms with Crippen LogP contribution in [-0.2, 0) is 0 Å². The highest BCUT2D eigenvalue weighted by atomic mass is 32.2. The molecule has 0 bridgehead atoms. The van der Waals surface area contributed by atoms with Gasteiger partial charge in [-0.25, -0.2) is 0 Å². The molecule has 78 valence electrons. The quantitative estimate of drug-likeness (QED) is 0.786. The molecule has 0 spiro atoms. The minimum absolute atomic E-state index is 0.119. The zero-order chi connectivity index (χ0) is 9.73. The Hall–Kier alpha value is 0.660. The van der Waals surface area contributed by atoms with Crippen molar-refractivity contribution in [2.45, 2.75) is 49.7 Å². The first kappa shape index (κ1) is 11.7. The summed E-state index contributed by atoms with van der Waals surface area (Å²) in [5.41, 5.74) is 0. The van der Waals surface area contributed by atoms with Gasteiger partial charge in [0.1, 0.15) is 0 Å². The summed E-state index contributed by atoms with van der Waals surface area (Å²) in [4.78, 5) is 0. The van der Waals surface area contributed by atoms with Crippen molar-refractivity contribution in [1.82, 2.24) is 0 Å². The van der Waals surface area contributed by atoms with Crippen LogP contribution >= 0.6 is 23.5 Å². The molecule has 1 fully saturated rings. The van der Waals surface area contributed by atoms with Crippen LogP contribution in [0.3, 0.4) is 0 Å². The Morgan fingerprint density at radius 3 is 2.46 bits per heavy atom. The smallest absolute Gasteiger partial charge is 0.0865 e. The van der Waals surface area contributed by atoms with Crippen molar-refractivity contribution in [2.24, 2.45) is 0 Å². The second kappa shape index (κ2) is 5.52. The van der Waals surface area contributed by atoms with E-state index in [0.29, 0.717) is 0 Å².